The number of aromatic nitrogens is 2. The topological polar surface area (TPSA) is 43.8 Å². The van der Waals surface area contributed by atoms with Crippen LogP contribution in [0.5, 0.6) is 0 Å². The van der Waals surface area contributed by atoms with Crippen LogP contribution in [0.2, 0.25) is 0 Å². The number of hydrogen-bond acceptors (Lipinski definition) is 2. The summed E-state index contributed by atoms with van der Waals surface area (Å²) in [5.74, 6) is 0. The van der Waals surface area contributed by atoms with E-state index in [4.69, 9.17) is 5.73 Å². The number of nitrogens with two attached hydrogens (primary N) is 1. The molecular weight excluding hydrogens is 246 g/mol. The quantitative estimate of drug-likeness (QED) is 0.904. The van der Waals surface area contributed by atoms with Crippen molar-refractivity contribution in [2.24, 2.45) is 11.1 Å². The van der Waals surface area contributed by atoms with Crippen molar-refractivity contribution < 1.29 is 0 Å². The van der Waals surface area contributed by atoms with Gasteiger partial charge in [0.1, 0.15) is 0 Å². The molecule has 1 aromatic heterocycles. The highest BCUT2D eigenvalue weighted by atomic mass is 15.3. The van der Waals surface area contributed by atoms with Crippen molar-refractivity contribution in [1.82, 2.24) is 9.78 Å². The van der Waals surface area contributed by atoms with Gasteiger partial charge in [0, 0.05) is 17.8 Å². The zero-order valence-corrected chi connectivity index (χ0v) is 12.3. The molecule has 1 aliphatic carbocycles. The van der Waals surface area contributed by atoms with Crippen LogP contribution in [0.3, 0.4) is 0 Å². The van der Waals surface area contributed by atoms with Gasteiger partial charge in [-0.15, -0.1) is 0 Å². The SMILES string of the molecule is CC1(C)CCC(N)C(n2cc(-c3ccccc3)cn2)C1. The van der Waals surface area contributed by atoms with Gasteiger partial charge in [0.05, 0.1) is 12.2 Å². The zero-order valence-electron chi connectivity index (χ0n) is 12.3. The summed E-state index contributed by atoms with van der Waals surface area (Å²) in [4.78, 5) is 0. The predicted molar refractivity (Wildman–Crippen MR) is 82.3 cm³/mol. The Kier molecular flexibility index (Phi) is 3.38. The number of rotatable bonds is 2. The van der Waals surface area contributed by atoms with Gasteiger partial charge in [-0.05, 0) is 30.2 Å². The largest absolute Gasteiger partial charge is 0.326 e. The fourth-order valence-corrected chi connectivity index (χ4v) is 3.16. The molecule has 3 rings (SSSR count). The van der Waals surface area contributed by atoms with Crippen molar-refractivity contribution in [3.63, 3.8) is 0 Å². The molecule has 1 fully saturated rings. The minimum atomic E-state index is 0.214. The average Bonchev–Trinajstić information content (AvgIpc) is 2.92. The summed E-state index contributed by atoms with van der Waals surface area (Å²) in [6.07, 6.45) is 7.48. The molecule has 1 heterocycles. The van der Waals surface area contributed by atoms with Crippen molar-refractivity contribution in [2.45, 2.75) is 45.2 Å². The molecule has 1 aromatic carbocycles. The van der Waals surface area contributed by atoms with Crippen LogP contribution < -0.4 is 5.73 Å². The third-order valence-corrected chi connectivity index (χ3v) is 4.46. The van der Waals surface area contributed by atoms with Crippen molar-refractivity contribution >= 4 is 0 Å². The van der Waals surface area contributed by atoms with E-state index in [0.29, 0.717) is 11.5 Å². The lowest BCUT2D eigenvalue weighted by Gasteiger charge is -2.39. The highest BCUT2D eigenvalue weighted by Crippen LogP contribution is 2.40. The van der Waals surface area contributed by atoms with Crippen LogP contribution in [-0.4, -0.2) is 15.8 Å². The molecule has 2 atom stereocenters. The van der Waals surface area contributed by atoms with E-state index in [9.17, 15) is 0 Å². The Balaban J connectivity index is 1.86. The highest BCUT2D eigenvalue weighted by molar-refractivity contribution is 5.61. The molecule has 1 aliphatic rings. The van der Waals surface area contributed by atoms with Gasteiger partial charge in [-0.1, -0.05) is 44.2 Å². The molecular formula is C17H23N3. The first-order valence-corrected chi connectivity index (χ1v) is 7.40. The summed E-state index contributed by atoms with van der Waals surface area (Å²) in [7, 11) is 0. The molecule has 0 saturated heterocycles. The van der Waals surface area contributed by atoms with E-state index >= 15 is 0 Å². The molecule has 3 nitrogen and oxygen atoms in total. The average molecular weight is 269 g/mol. The monoisotopic (exact) mass is 269 g/mol. The van der Waals surface area contributed by atoms with Gasteiger partial charge < -0.3 is 5.73 Å². The standard InChI is InChI=1S/C17H23N3/c1-17(2)9-8-15(18)16(10-17)20-12-14(11-19-20)13-6-4-3-5-7-13/h3-7,11-12,15-16H,8-10,18H2,1-2H3. The Morgan fingerprint density at radius 3 is 2.70 bits per heavy atom. The first-order chi connectivity index (χ1) is 9.55. The van der Waals surface area contributed by atoms with E-state index in [1.165, 1.54) is 17.5 Å². The summed E-state index contributed by atoms with van der Waals surface area (Å²) in [6, 6.07) is 10.9. The van der Waals surface area contributed by atoms with Gasteiger partial charge in [0.25, 0.3) is 0 Å². The van der Waals surface area contributed by atoms with Crippen molar-refractivity contribution in [3.8, 4) is 11.1 Å². The molecule has 2 N–H and O–H groups in total. The second-order valence-electron chi connectivity index (χ2n) is 6.71. The van der Waals surface area contributed by atoms with E-state index < -0.39 is 0 Å². The first kappa shape index (κ1) is 13.4. The normalized spacial score (nSPS) is 25.6. The molecule has 1 saturated carbocycles. The van der Waals surface area contributed by atoms with Crippen LogP contribution >= 0.6 is 0 Å². The number of benzene rings is 1. The van der Waals surface area contributed by atoms with E-state index in [-0.39, 0.29) is 6.04 Å². The van der Waals surface area contributed by atoms with Crippen molar-refractivity contribution in [1.29, 1.82) is 0 Å². The van der Waals surface area contributed by atoms with E-state index in [1.807, 2.05) is 12.3 Å². The minimum absolute atomic E-state index is 0.214. The molecule has 0 spiro atoms. The lowest BCUT2D eigenvalue weighted by atomic mass is 9.73. The Labute approximate surface area is 120 Å². The molecule has 0 aliphatic heterocycles. The van der Waals surface area contributed by atoms with Gasteiger partial charge in [0.2, 0.25) is 0 Å². The second kappa shape index (κ2) is 5.06. The van der Waals surface area contributed by atoms with Crippen LogP contribution in [-0.2, 0) is 0 Å². The molecule has 3 heteroatoms. The highest BCUT2D eigenvalue weighted by Gasteiger charge is 2.34. The summed E-state index contributed by atoms with van der Waals surface area (Å²) >= 11 is 0. The summed E-state index contributed by atoms with van der Waals surface area (Å²) in [5.41, 5.74) is 9.06. The lowest BCUT2D eigenvalue weighted by molar-refractivity contribution is 0.153. The van der Waals surface area contributed by atoms with E-state index in [1.54, 1.807) is 0 Å². The zero-order chi connectivity index (χ0) is 14.2. The van der Waals surface area contributed by atoms with Crippen molar-refractivity contribution in [2.75, 3.05) is 0 Å². The number of hydrogen-bond donors (Lipinski definition) is 1. The predicted octanol–water partition coefficient (Wildman–Crippen LogP) is 3.63. The van der Waals surface area contributed by atoms with Crippen molar-refractivity contribution in [3.05, 3.63) is 42.7 Å². The molecule has 106 valence electrons. The van der Waals surface area contributed by atoms with Crippen LogP contribution in [0.25, 0.3) is 11.1 Å². The van der Waals surface area contributed by atoms with Gasteiger partial charge in [-0.25, -0.2) is 0 Å². The third kappa shape index (κ3) is 2.63. The maximum absolute atomic E-state index is 6.32. The fourth-order valence-electron chi connectivity index (χ4n) is 3.16. The fraction of sp³-hybridized carbons (Fsp3) is 0.471. The Bertz CT molecular complexity index is 571. The Morgan fingerprint density at radius 1 is 1.20 bits per heavy atom. The summed E-state index contributed by atoms with van der Waals surface area (Å²) < 4.78 is 2.08. The maximum Gasteiger partial charge on any atom is 0.0675 e. The Morgan fingerprint density at radius 2 is 1.95 bits per heavy atom. The van der Waals surface area contributed by atoms with Crippen LogP contribution in [0.15, 0.2) is 42.7 Å². The van der Waals surface area contributed by atoms with Crippen LogP contribution in [0.1, 0.15) is 39.2 Å². The molecule has 20 heavy (non-hydrogen) atoms. The molecule has 0 amide bonds. The Hall–Kier alpha value is -1.61. The first-order valence-electron chi connectivity index (χ1n) is 7.40. The molecule has 0 radical (unpaired) electrons. The van der Waals surface area contributed by atoms with Gasteiger partial charge in [-0.3, -0.25) is 4.68 Å². The maximum atomic E-state index is 6.32. The van der Waals surface area contributed by atoms with Crippen LogP contribution in [0.4, 0.5) is 0 Å². The van der Waals surface area contributed by atoms with E-state index in [0.717, 1.165) is 12.8 Å². The molecule has 0 bridgehead atoms. The molecule has 2 unspecified atom stereocenters. The van der Waals surface area contributed by atoms with E-state index in [2.05, 4.69) is 54.1 Å². The minimum Gasteiger partial charge on any atom is -0.326 e. The van der Waals surface area contributed by atoms with Gasteiger partial charge in [0.15, 0.2) is 0 Å². The summed E-state index contributed by atoms with van der Waals surface area (Å²) in [6.45, 7) is 4.65. The van der Waals surface area contributed by atoms with Gasteiger partial charge in [-0.2, -0.15) is 5.10 Å². The second-order valence-corrected chi connectivity index (χ2v) is 6.71. The smallest absolute Gasteiger partial charge is 0.0675 e. The van der Waals surface area contributed by atoms with Crippen LogP contribution in [0, 0.1) is 5.41 Å². The lowest BCUT2D eigenvalue weighted by Crippen LogP contribution is -2.40. The number of nitrogens with zero attached hydrogens (tertiary/aromatic N) is 2. The molecule has 2 aromatic rings. The summed E-state index contributed by atoms with van der Waals surface area (Å²) in [5, 5.41) is 4.57. The third-order valence-electron chi connectivity index (χ3n) is 4.46. The van der Waals surface area contributed by atoms with Gasteiger partial charge >= 0.3 is 0 Å².